The predicted octanol–water partition coefficient (Wildman–Crippen LogP) is 3.77. The highest BCUT2D eigenvalue weighted by Gasteiger charge is 2.26. The van der Waals surface area contributed by atoms with Crippen molar-refractivity contribution in [2.24, 2.45) is 0 Å². The van der Waals surface area contributed by atoms with Gasteiger partial charge >= 0.3 is 5.97 Å². The number of nitrogens with zero attached hydrogens (tertiary/aromatic N) is 1. The summed E-state index contributed by atoms with van der Waals surface area (Å²) < 4.78 is 0. The van der Waals surface area contributed by atoms with Gasteiger partial charge in [0.15, 0.2) is 0 Å². The van der Waals surface area contributed by atoms with Crippen LogP contribution in [0.25, 0.3) is 6.08 Å². The molecule has 0 aromatic heterocycles. The maximum atomic E-state index is 10.7. The molecule has 5 heteroatoms. The second-order valence-electron chi connectivity index (χ2n) is 4.88. The number of benzene rings is 1. The monoisotopic (exact) mass is 311 g/mol. The van der Waals surface area contributed by atoms with Gasteiger partial charge in [0.05, 0.1) is 0 Å². The molecule has 2 rings (SSSR count). The van der Waals surface area contributed by atoms with Gasteiger partial charge in [-0.25, -0.2) is 4.79 Å². The smallest absolute Gasteiger partial charge is 0.328 e. The molecule has 0 spiro atoms. The second kappa shape index (κ2) is 6.55. The Morgan fingerprint density at radius 3 is 2.95 bits per heavy atom. The fraction of sp³-hybridized carbons (Fsp3) is 0.400. The summed E-state index contributed by atoms with van der Waals surface area (Å²) in [5, 5.41) is 9.97. The molecule has 108 valence electrons. The van der Waals surface area contributed by atoms with Crippen molar-refractivity contribution in [3.63, 3.8) is 0 Å². The molecule has 0 saturated carbocycles. The van der Waals surface area contributed by atoms with Gasteiger partial charge in [0.2, 0.25) is 0 Å². The molecule has 3 nitrogen and oxygen atoms in total. The van der Waals surface area contributed by atoms with E-state index in [9.17, 15) is 4.79 Å². The summed E-state index contributed by atoms with van der Waals surface area (Å²) >= 11 is 8.00. The number of carbonyl (C=O) groups is 1. The van der Waals surface area contributed by atoms with Gasteiger partial charge < -0.3 is 10.0 Å². The van der Waals surface area contributed by atoms with Crippen LogP contribution in [-0.2, 0) is 4.79 Å². The number of thioether (sulfide) groups is 1. The summed E-state index contributed by atoms with van der Waals surface area (Å²) in [7, 11) is 0. The first kappa shape index (κ1) is 15.3. The summed E-state index contributed by atoms with van der Waals surface area (Å²) in [5.74, 6) is 0.127. The van der Waals surface area contributed by atoms with Crippen molar-refractivity contribution in [2.45, 2.75) is 25.1 Å². The molecule has 0 radical (unpaired) electrons. The lowest BCUT2D eigenvalue weighted by Gasteiger charge is -2.40. The topological polar surface area (TPSA) is 40.5 Å². The number of carboxylic acid groups (broad SMARTS) is 1. The molecule has 1 N–H and O–H groups in total. The predicted molar refractivity (Wildman–Crippen MR) is 86.8 cm³/mol. The van der Waals surface area contributed by atoms with E-state index >= 15 is 0 Å². The molecule has 0 aliphatic carbocycles. The van der Waals surface area contributed by atoms with Crippen molar-refractivity contribution in [1.82, 2.24) is 0 Å². The first-order chi connectivity index (χ1) is 9.49. The average molecular weight is 312 g/mol. The SMILES string of the molecule is CC1SCCN(c2ccc(Cl)cc2/C=C/C(=O)O)C1C. The normalized spacial score (nSPS) is 23.2. The Morgan fingerprint density at radius 2 is 2.25 bits per heavy atom. The molecule has 0 bridgehead atoms. The van der Waals surface area contributed by atoms with E-state index in [1.807, 2.05) is 30.0 Å². The molecule has 2 unspecified atom stereocenters. The molecule has 2 atom stereocenters. The molecular weight excluding hydrogens is 294 g/mol. The Balaban J connectivity index is 2.37. The van der Waals surface area contributed by atoms with Gasteiger partial charge in [-0.1, -0.05) is 18.5 Å². The standard InChI is InChI=1S/C15H18ClNO2S/c1-10-11(2)20-8-7-17(10)14-5-4-13(16)9-12(14)3-6-15(18)19/h3-6,9-11H,7-8H2,1-2H3,(H,18,19)/b6-3+. The first-order valence-corrected chi connectivity index (χ1v) is 8.00. The van der Waals surface area contributed by atoms with Crippen LogP contribution in [0.3, 0.4) is 0 Å². The Bertz CT molecular complexity index is 533. The highest BCUT2D eigenvalue weighted by atomic mass is 35.5. The van der Waals surface area contributed by atoms with Crippen molar-refractivity contribution >= 4 is 41.1 Å². The summed E-state index contributed by atoms with van der Waals surface area (Å²) in [6, 6.07) is 6.05. The summed E-state index contributed by atoms with van der Waals surface area (Å²) in [6.07, 6.45) is 2.77. The Labute approximate surface area is 128 Å². The minimum absolute atomic E-state index is 0.409. The highest BCUT2D eigenvalue weighted by Crippen LogP contribution is 2.33. The molecule has 1 aromatic carbocycles. The average Bonchev–Trinajstić information content (AvgIpc) is 2.40. The molecule has 20 heavy (non-hydrogen) atoms. The van der Waals surface area contributed by atoms with Crippen LogP contribution in [-0.4, -0.2) is 34.7 Å². The van der Waals surface area contributed by atoms with E-state index in [0.717, 1.165) is 29.6 Å². The number of carboxylic acids is 1. The largest absolute Gasteiger partial charge is 0.478 e. The molecule has 1 heterocycles. The number of anilines is 1. The number of hydrogen-bond acceptors (Lipinski definition) is 3. The minimum atomic E-state index is -0.952. The number of aliphatic carboxylic acids is 1. The van der Waals surface area contributed by atoms with Crippen molar-refractivity contribution in [3.8, 4) is 0 Å². The molecule has 0 amide bonds. The maximum absolute atomic E-state index is 10.7. The van der Waals surface area contributed by atoms with E-state index < -0.39 is 5.97 Å². The van der Waals surface area contributed by atoms with Crippen LogP contribution < -0.4 is 4.90 Å². The zero-order chi connectivity index (χ0) is 14.7. The van der Waals surface area contributed by atoms with Crippen LogP contribution >= 0.6 is 23.4 Å². The summed E-state index contributed by atoms with van der Waals surface area (Å²) in [6.45, 7) is 5.39. The van der Waals surface area contributed by atoms with Crippen LogP contribution in [0.1, 0.15) is 19.4 Å². The van der Waals surface area contributed by atoms with Gasteiger partial charge in [-0.3, -0.25) is 0 Å². The van der Waals surface area contributed by atoms with E-state index in [1.165, 1.54) is 0 Å². The molecule has 1 aliphatic rings. The lowest BCUT2D eigenvalue weighted by atomic mass is 10.1. The van der Waals surface area contributed by atoms with E-state index in [2.05, 4.69) is 18.7 Å². The Kier molecular flexibility index (Phi) is 5.00. The van der Waals surface area contributed by atoms with Crippen LogP contribution in [0.4, 0.5) is 5.69 Å². The Morgan fingerprint density at radius 1 is 1.50 bits per heavy atom. The number of halogens is 1. The molecule has 1 aliphatic heterocycles. The second-order valence-corrected chi connectivity index (χ2v) is 6.81. The third-order valence-electron chi connectivity index (χ3n) is 3.59. The van der Waals surface area contributed by atoms with Crippen LogP contribution in [0.5, 0.6) is 0 Å². The first-order valence-electron chi connectivity index (χ1n) is 6.58. The van der Waals surface area contributed by atoms with Crippen LogP contribution in [0.15, 0.2) is 24.3 Å². The zero-order valence-electron chi connectivity index (χ0n) is 11.5. The Hall–Kier alpha value is -1.13. The molecule has 1 aromatic rings. The van der Waals surface area contributed by atoms with E-state index in [-0.39, 0.29) is 0 Å². The molecule has 1 saturated heterocycles. The molecule has 1 fully saturated rings. The van der Waals surface area contributed by atoms with E-state index in [1.54, 1.807) is 6.08 Å². The van der Waals surface area contributed by atoms with Crippen molar-refractivity contribution < 1.29 is 9.90 Å². The van der Waals surface area contributed by atoms with Crippen molar-refractivity contribution in [2.75, 3.05) is 17.2 Å². The maximum Gasteiger partial charge on any atom is 0.328 e. The third kappa shape index (κ3) is 3.49. The van der Waals surface area contributed by atoms with Gasteiger partial charge in [0, 0.05) is 40.4 Å². The van der Waals surface area contributed by atoms with E-state index in [0.29, 0.717) is 16.3 Å². The van der Waals surface area contributed by atoms with Gasteiger partial charge in [-0.2, -0.15) is 11.8 Å². The van der Waals surface area contributed by atoms with Crippen LogP contribution in [0, 0.1) is 0 Å². The number of rotatable bonds is 3. The van der Waals surface area contributed by atoms with Crippen molar-refractivity contribution in [1.29, 1.82) is 0 Å². The summed E-state index contributed by atoms with van der Waals surface area (Å²) in [5.41, 5.74) is 1.90. The van der Waals surface area contributed by atoms with Crippen molar-refractivity contribution in [3.05, 3.63) is 34.9 Å². The van der Waals surface area contributed by atoms with Crippen LogP contribution in [0.2, 0.25) is 5.02 Å². The molecular formula is C15H18ClNO2S. The van der Waals surface area contributed by atoms with Gasteiger partial charge in [-0.05, 0) is 36.8 Å². The summed E-state index contributed by atoms with van der Waals surface area (Å²) in [4.78, 5) is 13.1. The van der Waals surface area contributed by atoms with E-state index in [4.69, 9.17) is 16.7 Å². The highest BCUT2D eigenvalue weighted by molar-refractivity contribution is 8.00. The van der Waals surface area contributed by atoms with Gasteiger partial charge in [0.25, 0.3) is 0 Å². The van der Waals surface area contributed by atoms with Gasteiger partial charge in [-0.15, -0.1) is 0 Å². The lowest BCUT2D eigenvalue weighted by molar-refractivity contribution is -0.131. The number of hydrogen-bond donors (Lipinski definition) is 1. The fourth-order valence-corrected chi connectivity index (χ4v) is 3.63. The van der Waals surface area contributed by atoms with Gasteiger partial charge in [0.1, 0.15) is 0 Å². The lowest BCUT2D eigenvalue weighted by Crippen LogP contribution is -2.45. The fourth-order valence-electron chi connectivity index (χ4n) is 2.35. The quantitative estimate of drug-likeness (QED) is 0.863. The zero-order valence-corrected chi connectivity index (χ0v) is 13.1. The third-order valence-corrected chi connectivity index (χ3v) is 5.16. The minimum Gasteiger partial charge on any atom is -0.478 e.